The molecule has 3 aromatic rings. The molecule has 1 aliphatic heterocycles. The minimum atomic E-state index is -3.80. The van der Waals surface area contributed by atoms with Gasteiger partial charge in [0, 0.05) is 24.9 Å². The summed E-state index contributed by atoms with van der Waals surface area (Å²) in [7, 11) is -2.53. The smallest absolute Gasteiger partial charge is 0.328 e. The first-order valence-corrected chi connectivity index (χ1v) is 12.0. The van der Waals surface area contributed by atoms with Crippen LogP contribution in [0.25, 0.3) is 5.69 Å². The van der Waals surface area contributed by atoms with Gasteiger partial charge in [0.1, 0.15) is 17.0 Å². The van der Waals surface area contributed by atoms with Crippen molar-refractivity contribution in [3.05, 3.63) is 64.5 Å². The number of hydrogen-bond acceptors (Lipinski definition) is 7. The molecule has 168 valence electrons. The minimum Gasteiger partial charge on any atom is -0.467 e. The third-order valence-electron chi connectivity index (χ3n) is 5.38. The van der Waals surface area contributed by atoms with E-state index in [9.17, 15) is 13.2 Å². The summed E-state index contributed by atoms with van der Waals surface area (Å²) in [4.78, 5) is 18.4. The second-order valence-electron chi connectivity index (χ2n) is 7.42. The first kappa shape index (κ1) is 22.6. The quantitative estimate of drug-likeness (QED) is 0.395. The van der Waals surface area contributed by atoms with Gasteiger partial charge >= 0.3 is 5.97 Å². The highest BCUT2D eigenvalue weighted by molar-refractivity contribution is 7.92. The largest absolute Gasteiger partial charge is 0.467 e. The zero-order valence-corrected chi connectivity index (χ0v) is 19.6. The van der Waals surface area contributed by atoms with Crippen LogP contribution in [0.15, 0.2) is 53.6 Å². The lowest BCUT2D eigenvalue weighted by Gasteiger charge is -2.25. The Balaban J connectivity index is 1.78. The Kier molecular flexibility index (Phi) is 6.15. The van der Waals surface area contributed by atoms with Crippen LogP contribution in [0.5, 0.6) is 0 Å². The molecule has 3 heterocycles. The molecule has 8 nitrogen and oxygen atoms in total. The van der Waals surface area contributed by atoms with E-state index in [0.717, 1.165) is 0 Å². The molecule has 4 rings (SSSR count). The van der Waals surface area contributed by atoms with Crippen LogP contribution in [0.4, 0.5) is 5.82 Å². The fourth-order valence-electron chi connectivity index (χ4n) is 3.89. The SMILES string of the molecule is COC(=O)[C@@H]1C[C@@H](S(=O)(=O)c2ccccc2Cl)CN1c1cc(C)nn1-c1ccnc(Cl)c1. The molecule has 1 aliphatic rings. The van der Waals surface area contributed by atoms with Crippen molar-refractivity contribution in [2.24, 2.45) is 0 Å². The number of anilines is 1. The Hall–Kier alpha value is -2.62. The van der Waals surface area contributed by atoms with Gasteiger partial charge in [-0.2, -0.15) is 5.10 Å². The molecule has 11 heteroatoms. The van der Waals surface area contributed by atoms with Crippen molar-refractivity contribution < 1.29 is 17.9 Å². The lowest BCUT2D eigenvalue weighted by Crippen LogP contribution is -2.38. The lowest BCUT2D eigenvalue weighted by molar-refractivity contribution is -0.141. The van der Waals surface area contributed by atoms with Crippen LogP contribution >= 0.6 is 23.2 Å². The van der Waals surface area contributed by atoms with E-state index in [1.807, 2.05) is 6.92 Å². The van der Waals surface area contributed by atoms with E-state index in [1.165, 1.54) is 19.2 Å². The van der Waals surface area contributed by atoms with Gasteiger partial charge in [0.05, 0.1) is 33.7 Å². The molecule has 0 bridgehead atoms. The number of carbonyl (C=O) groups is 1. The van der Waals surface area contributed by atoms with Gasteiger partial charge in [-0.05, 0) is 31.5 Å². The van der Waals surface area contributed by atoms with Gasteiger partial charge in [0.25, 0.3) is 0 Å². The zero-order chi connectivity index (χ0) is 23.0. The van der Waals surface area contributed by atoms with Crippen molar-refractivity contribution in [3.63, 3.8) is 0 Å². The van der Waals surface area contributed by atoms with Gasteiger partial charge in [-0.3, -0.25) is 0 Å². The number of esters is 1. The number of benzene rings is 1. The van der Waals surface area contributed by atoms with Crippen molar-refractivity contribution in [2.75, 3.05) is 18.6 Å². The van der Waals surface area contributed by atoms with Gasteiger partial charge in [-0.25, -0.2) is 22.9 Å². The van der Waals surface area contributed by atoms with Crippen molar-refractivity contribution in [1.29, 1.82) is 0 Å². The van der Waals surface area contributed by atoms with E-state index in [2.05, 4.69) is 10.1 Å². The van der Waals surface area contributed by atoms with Crippen molar-refractivity contribution in [3.8, 4) is 5.69 Å². The van der Waals surface area contributed by atoms with Crippen molar-refractivity contribution in [2.45, 2.75) is 29.5 Å². The van der Waals surface area contributed by atoms with E-state index in [1.54, 1.807) is 46.1 Å². The predicted octanol–water partition coefficient (Wildman–Crippen LogP) is 3.48. The zero-order valence-electron chi connectivity index (χ0n) is 17.3. The number of aromatic nitrogens is 3. The average molecular weight is 495 g/mol. The molecule has 1 aromatic carbocycles. The number of rotatable bonds is 5. The summed E-state index contributed by atoms with van der Waals surface area (Å²) in [5.74, 6) is 0.0250. The highest BCUT2D eigenvalue weighted by atomic mass is 35.5. The van der Waals surface area contributed by atoms with Gasteiger partial charge in [-0.15, -0.1) is 0 Å². The van der Waals surface area contributed by atoms with Gasteiger partial charge in [0.15, 0.2) is 9.84 Å². The van der Waals surface area contributed by atoms with Crippen molar-refractivity contribution >= 4 is 44.8 Å². The molecular formula is C21H20Cl2N4O4S. The summed E-state index contributed by atoms with van der Waals surface area (Å²) >= 11 is 12.2. The third-order valence-corrected chi connectivity index (χ3v) is 8.22. The van der Waals surface area contributed by atoms with Gasteiger partial charge in [0.2, 0.25) is 0 Å². The topological polar surface area (TPSA) is 94.4 Å². The van der Waals surface area contributed by atoms with Crippen LogP contribution in [-0.2, 0) is 19.4 Å². The predicted molar refractivity (Wildman–Crippen MR) is 121 cm³/mol. The Morgan fingerprint density at radius 2 is 1.94 bits per heavy atom. The normalized spacial score (nSPS) is 18.7. The Labute approximate surface area is 195 Å². The molecule has 2 aromatic heterocycles. The molecule has 32 heavy (non-hydrogen) atoms. The maximum atomic E-state index is 13.4. The summed E-state index contributed by atoms with van der Waals surface area (Å²) in [5.41, 5.74) is 1.32. The van der Waals surface area contributed by atoms with E-state index in [-0.39, 0.29) is 28.0 Å². The number of pyridine rings is 1. The summed E-state index contributed by atoms with van der Waals surface area (Å²) in [6, 6.07) is 10.6. The second kappa shape index (κ2) is 8.73. The van der Waals surface area contributed by atoms with Crippen LogP contribution in [0, 0.1) is 6.92 Å². The number of halogens is 2. The van der Waals surface area contributed by atoms with E-state index in [4.69, 9.17) is 27.9 Å². The monoisotopic (exact) mass is 494 g/mol. The van der Waals surface area contributed by atoms with Crippen LogP contribution in [-0.4, -0.2) is 54.1 Å². The number of carbonyl (C=O) groups excluding carboxylic acids is 1. The van der Waals surface area contributed by atoms with Crippen molar-refractivity contribution in [1.82, 2.24) is 14.8 Å². The molecule has 0 unspecified atom stereocenters. The van der Waals surface area contributed by atoms with E-state index >= 15 is 0 Å². The number of sulfone groups is 1. The van der Waals surface area contributed by atoms with Crippen LogP contribution in [0.3, 0.4) is 0 Å². The summed E-state index contributed by atoms with van der Waals surface area (Å²) < 4.78 is 33.4. The number of methoxy groups -OCH3 is 1. The molecule has 1 fully saturated rings. The number of ether oxygens (including phenoxy) is 1. The first-order valence-electron chi connectivity index (χ1n) is 9.74. The van der Waals surface area contributed by atoms with E-state index < -0.39 is 27.1 Å². The minimum absolute atomic E-state index is 0.0442. The summed E-state index contributed by atoms with van der Waals surface area (Å²) in [6.45, 7) is 1.88. The van der Waals surface area contributed by atoms with Gasteiger partial charge < -0.3 is 9.64 Å². The maximum absolute atomic E-state index is 13.4. The molecule has 2 atom stereocenters. The van der Waals surface area contributed by atoms with Gasteiger partial charge in [-0.1, -0.05) is 35.3 Å². The molecule has 0 radical (unpaired) electrons. The van der Waals surface area contributed by atoms with Crippen LogP contribution < -0.4 is 4.90 Å². The third kappa shape index (κ3) is 4.07. The molecular weight excluding hydrogens is 475 g/mol. The lowest BCUT2D eigenvalue weighted by atomic mass is 10.2. The number of aryl methyl sites for hydroxylation is 1. The molecule has 0 N–H and O–H groups in total. The standard InChI is InChI=1S/C21H20Cl2N4O4S/c1-13-9-20(27(25-13)14-7-8-24-19(23)10-14)26-12-15(11-17(26)21(28)31-2)32(29,30)18-6-4-3-5-16(18)22/h3-10,15,17H,11-12H2,1-2H3/t15-,17+/m1/s1. The Morgan fingerprint density at radius 1 is 1.19 bits per heavy atom. The summed E-state index contributed by atoms with van der Waals surface area (Å²) in [6.07, 6.45) is 1.60. The molecule has 0 amide bonds. The molecule has 0 saturated carbocycles. The Bertz CT molecular complexity index is 1280. The maximum Gasteiger partial charge on any atom is 0.328 e. The molecule has 1 saturated heterocycles. The number of hydrogen-bond donors (Lipinski definition) is 0. The van der Waals surface area contributed by atoms with E-state index in [0.29, 0.717) is 17.2 Å². The van der Waals surface area contributed by atoms with Crippen LogP contribution in [0.1, 0.15) is 12.1 Å². The molecule has 0 aliphatic carbocycles. The fourth-order valence-corrected chi connectivity index (χ4v) is 6.28. The molecule has 0 spiro atoms. The Morgan fingerprint density at radius 3 is 2.62 bits per heavy atom. The second-order valence-corrected chi connectivity index (χ2v) is 10.4. The average Bonchev–Trinajstić information content (AvgIpc) is 3.37. The van der Waals surface area contributed by atoms with Crippen LogP contribution in [0.2, 0.25) is 10.2 Å². The first-order chi connectivity index (χ1) is 15.2. The summed E-state index contributed by atoms with van der Waals surface area (Å²) in [5, 5.41) is 4.08. The fraction of sp³-hybridized carbons (Fsp3) is 0.286. The highest BCUT2D eigenvalue weighted by Gasteiger charge is 2.45. The number of nitrogens with zero attached hydrogens (tertiary/aromatic N) is 4. The highest BCUT2D eigenvalue weighted by Crippen LogP contribution is 2.35.